The highest BCUT2D eigenvalue weighted by atomic mass is 16.4. The van der Waals surface area contributed by atoms with Gasteiger partial charge in [-0.15, -0.1) is 0 Å². The highest BCUT2D eigenvalue weighted by Gasteiger charge is 2.42. The minimum absolute atomic E-state index is 0.0462. The van der Waals surface area contributed by atoms with Crippen LogP contribution in [0, 0.1) is 17.8 Å². The van der Waals surface area contributed by atoms with Crippen LogP contribution >= 0.6 is 0 Å². The number of hydrogen-bond donors (Lipinski definition) is 2. The van der Waals surface area contributed by atoms with Gasteiger partial charge in [-0.25, -0.2) is 4.79 Å². The van der Waals surface area contributed by atoms with Crippen LogP contribution in [-0.4, -0.2) is 32.8 Å². The molecule has 2 fully saturated rings. The van der Waals surface area contributed by atoms with E-state index >= 15 is 0 Å². The van der Waals surface area contributed by atoms with E-state index in [-0.39, 0.29) is 23.2 Å². The van der Waals surface area contributed by atoms with E-state index in [0.717, 1.165) is 11.8 Å². The first-order valence-corrected chi connectivity index (χ1v) is 7.53. The minimum Gasteiger partial charge on any atom is -0.478 e. The molecule has 3 rings (SSSR count). The van der Waals surface area contributed by atoms with Crippen molar-refractivity contribution >= 4 is 11.9 Å². The van der Waals surface area contributed by atoms with Gasteiger partial charge in [0.2, 0.25) is 0 Å². The number of amides is 1. The molecular formula is C15H21N3O3. The molecule has 1 amide bonds. The Morgan fingerprint density at radius 3 is 2.76 bits per heavy atom. The molecule has 2 bridgehead atoms. The summed E-state index contributed by atoms with van der Waals surface area (Å²) in [5.41, 5.74) is 0.0765. The van der Waals surface area contributed by atoms with Gasteiger partial charge < -0.3 is 10.4 Å². The van der Waals surface area contributed by atoms with Crippen molar-refractivity contribution in [1.29, 1.82) is 0 Å². The molecule has 2 N–H and O–H groups in total. The van der Waals surface area contributed by atoms with Crippen molar-refractivity contribution in [2.75, 3.05) is 0 Å². The second-order valence-corrected chi connectivity index (χ2v) is 6.44. The van der Waals surface area contributed by atoms with Crippen molar-refractivity contribution in [1.82, 2.24) is 15.1 Å². The molecule has 6 nitrogen and oxygen atoms in total. The summed E-state index contributed by atoms with van der Waals surface area (Å²) in [5.74, 6) is 0.596. The number of fused-ring (bicyclic) bond motifs is 2. The van der Waals surface area contributed by atoms with E-state index in [4.69, 9.17) is 5.11 Å². The fourth-order valence-corrected chi connectivity index (χ4v) is 4.15. The molecule has 21 heavy (non-hydrogen) atoms. The van der Waals surface area contributed by atoms with Gasteiger partial charge in [-0.3, -0.25) is 9.48 Å². The van der Waals surface area contributed by atoms with Gasteiger partial charge in [0.1, 0.15) is 11.3 Å². The third-order valence-corrected chi connectivity index (χ3v) is 5.18. The molecule has 0 spiro atoms. The van der Waals surface area contributed by atoms with Crippen LogP contribution in [0.2, 0.25) is 0 Å². The predicted octanol–water partition coefficient (Wildman–Crippen LogP) is 1.67. The lowest BCUT2D eigenvalue weighted by atomic mass is 9.84. The first kappa shape index (κ1) is 14.1. The number of carbonyl (C=O) groups excluding carboxylic acids is 1. The van der Waals surface area contributed by atoms with Crippen LogP contribution in [-0.2, 0) is 7.05 Å². The SMILES string of the molecule is C[C@@H](NC(=O)c1c(C(=O)O)cnn1C)[C@H]1C[C@@H]2CC[C@@H]1C2. The fourth-order valence-electron chi connectivity index (χ4n) is 4.15. The quantitative estimate of drug-likeness (QED) is 0.884. The Morgan fingerprint density at radius 1 is 1.43 bits per heavy atom. The summed E-state index contributed by atoms with van der Waals surface area (Å²) in [4.78, 5) is 23.5. The van der Waals surface area contributed by atoms with Crippen LogP contribution in [0.15, 0.2) is 6.20 Å². The standard InChI is InChI=1S/C15H21N3O3/c1-8(11-6-9-3-4-10(11)5-9)17-14(19)13-12(15(20)21)7-16-18(13)2/h7-11H,3-6H2,1-2H3,(H,17,19)(H,20,21)/t8-,9-,10-,11-/m1/s1. The number of carbonyl (C=O) groups is 2. The Balaban J connectivity index is 1.72. The maximum atomic E-state index is 12.4. The van der Waals surface area contributed by atoms with Crippen LogP contribution in [0.1, 0.15) is 53.5 Å². The monoisotopic (exact) mass is 291 g/mol. The second kappa shape index (κ2) is 5.16. The molecule has 0 aromatic carbocycles. The topological polar surface area (TPSA) is 84.2 Å². The molecule has 0 unspecified atom stereocenters. The predicted molar refractivity (Wildman–Crippen MR) is 76.0 cm³/mol. The lowest BCUT2D eigenvalue weighted by molar-refractivity contribution is 0.0689. The average molecular weight is 291 g/mol. The third-order valence-electron chi connectivity index (χ3n) is 5.18. The lowest BCUT2D eigenvalue weighted by Gasteiger charge is -2.28. The van der Waals surface area contributed by atoms with Gasteiger partial charge in [-0.2, -0.15) is 5.10 Å². The summed E-state index contributed by atoms with van der Waals surface area (Å²) in [6, 6.07) is 0.0735. The maximum Gasteiger partial charge on any atom is 0.339 e. The molecule has 2 aliphatic rings. The number of carboxylic acid groups (broad SMARTS) is 1. The van der Waals surface area contributed by atoms with Gasteiger partial charge in [-0.05, 0) is 43.9 Å². The first-order valence-electron chi connectivity index (χ1n) is 7.53. The number of rotatable bonds is 4. The largest absolute Gasteiger partial charge is 0.478 e. The molecular weight excluding hydrogens is 270 g/mol. The van der Waals surface area contributed by atoms with Crippen LogP contribution in [0.3, 0.4) is 0 Å². The van der Waals surface area contributed by atoms with Gasteiger partial charge in [0, 0.05) is 13.1 Å². The van der Waals surface area contributed by atoms with Crippen molar-refractivity contribution < 1.29 is 14.7 Å². The number of nitrogens with zero attached hydrogens (tertiary/aromatic N) is 2. The molecule has 0 radical (unpaired) electrons. The van der Waals surface area contributed by atoms with Crippen molar-refractivity contribution in [3.63, 3.8) is 0 Å². The van der Waals surface area contributed by atoms with Crippen molar-refractivity contribution in [2.24, 2.45) is 24.8 Å². The molecule has 1 heterocycles. The molecule has 114 valence electrons. The fraction of sp³-hybridized carbons (Fsp3) is 0.667. The van der Waals surface area contributed by atoms with E-state index in [2.05, 4.69) is 10.4 Å². The van der Waals surface area contributed by atoms with Gasteiger partial charge in [0.05, 0.1) is 6.20 Å². The van der Waals surface area contributed by atoms with Crippen LogP contribution in [0.5, 0.6) is 0 Å². The molecule has 1 aromatic rings. The zero-order valence-corrected chi connectivity index (χ0v) is 12.4. The van der Waals surface area contributed by atoms with Gasteiger partial charge >= 0.3 is 5.97 Å². The molecule has 6 heteroatoms. The van der Waals surface area contributed by atoms with Crippen LogP contribution in [0.4, 0.5) is 0 Å². The summed E-state index contributed by atoms with van der Waals surface area (Å²) in [6.07, 6.45) is 6.29. The van der Waals surface area contributed by atoms with E-state index < -0.39 is 5.97 Å². The second-order valence-electron chi connectivity index (χ2n) is 6.44. The van der Waals surface area contributed by atoms with Gasteiger partial charge in [-0.1, -0.05) is 6.42 Å². The Labute approximate surface area is 123 Å². The summed E-state index contributed by atoms with van der Waals surface area (Å²) < 4.78 is 1.33. The van der Waals surface area contributed by atoms with E-state index in [0.29, 0.717) is 5.92 Å². The van der Waals surface area contributed by atoms with Crippen molar-refractivity contribution in [2.45, 2.75) is 38.6 Å². The minimum atomic E-state index is -1.12. The van der Waals surface area contributed by atoms with Crippen molar-refractivity contribution in [3.05, 3.63) is 17.5 Å². The molecule has 1 aromatic heterocycles. The highest BCUT2D eigenvalue weighted by Crippen LogP contribution is 2.49. The highest BCUT2D eigenvalue weighted by molar-refractivity contribution is 6.03. The number of carboxylic acids is 1. The number of aromatic nitrogens is 2. The number of nitrogens with one attached hydrogen (secondary N) is 1. The molecule has 0 saturated heterocycles. The Hall–Kier alpha value is -1.85. The number of aryl methyl sites for hydroxylation is 1. The molecule has 0 aliphatic heterocycles. The molecule has 2 aliphatic carbocycles. The maximum absolute atomic E-state index is 12.4. The Morgan fingerprint density at radius 2 is 2.19 bits per heavy atom. The summed E-state index contributed by atoms with van der Waals surface area (Å²) in [6.45, 7) is 2.03. The van der Waals surface area contributed by atoms with E-state index in [1.54, 1.807) is 7.05 Å². The van der Waals surface area contributed by atoms with Crippen LogP contribution < -0.4 is 5.32 Å². The normalized spacial score (nSPS) is 28.6. The van der Waals surface area contributed by atoms with E-state index in [9.17, 15) is 9.59 Å². The summed E-state index contributed by atoms with van der Waals surface area (Å²) in [5, 5.41) is 16.0. The zero-order chi connectivity index (χ0) is 15.1. The van der Waals surface area contributed by atoms with Crippen molar-refractivity contribution in [3.8, 4) is 0 Å². The van der Waals surface area contributed by atoms with Gasteiger partial charge in [0.15, 0.2) is 0 Å². The van der Waals surface area contributed by atoms with E-state index in [1.165, 1.54) is 36.6 Å². The van der Waals surface area contributed by atoms with Crippen LogP contribution in [0.25, 0.3) is 0 Å². The Kier molecular flexibility index (Phi) is 3.47. The Bertz CT molecular complexity index is 581. The first-order chi connectivity index (χ1) is 9.97. The summed E-state index contributed by atoms with van der Waals surface area (Å²) in [7, 11) is 1.59. The number of hydrogen-bond acceptors (Lipinski definition) is 3. The average Bonchev–Trinajstić information content (AvgIpc) is 3.12. The molecule has 4 atom stereocenters. The zero-order valence-electron chi connectivity index (χ0n) is 12.4. The molecule has 2 saturated carbocycles. The lowest BCUT2D eigenvalue weighted by Crippen LogP contribution is -2.41. The van der Waals surface area contributed by atoms with E-state index in [1.807, 2.05) is 6.92 Å². The smallest absolute Gasteiger partial charge is 0.339 e. The van der Waals surface area contributed by atoms with Gasteiger partial charge in [0.25, 0.3) is 5.91 Å². The number of aromatic carboxylic acids is 1. The third kappa shape index (κ3) is 2.43. The summed E-state index contributed by atoms with van der Waals surface area (Å²) >= 11 is 0.